The molecule has 0 atom stereocenters. The molecular formula is C16H11BrN2O2S2. The Balaban J connectivity index is 1.91. The molecule has 3 rings (SSSR count). The van der Waals surface area contributed by atoms with Crippen molar-refractivity contribution < 1.29 is 9.53 Å². The fraction of sp³-hybridized carbons (Fsp3) is 0.0625. The molecule has 0 bridgehead atoms. The predicted octanol–water partition coefficient (Wildman–Crippen LogP) is 4.26. The molecule has 2 aromatic rings. The van der Waals surface area contributed by atoms with E-state index in [9.17, 15) is 4.79 Å². The minimum Gasteiger partial charge on any atom is -0.496 e. The lowest BCUT2D eigenvalue weighted by Gasteiger charge is -2.13. The Labute approximate surface area is 151 Å². The maximum Gasteiger partial charge on any atom is 0.270 e. The van der Waals surface area contributed by atoms with Crippen LogP contribution in [0, 0.1) is 0 Å². The van der Waals surface area contributed by atoms with Crippen molar-refractivity contribution in [3.63, 3.8) is 0 Å². The lowest BCUT2D eigenvalue weighted by Crippen LogP contribution is -2.27. The highest BCUT2D eigenvalue weighted by molar-refractivity contribution is 9.10. The molecular weight excluding hydrogens is 396 g/mol. The summed E-state index contributed by atoms with van der Waals surface area (Å²) in [5.74, 6) is 0.602. The average molecular weight is 407 g/mol. The van der Waals surface area contributed by atoms with Gasteiger partial charge in [0.25, 0.3) is 5.91 Å². The van der Waals surface area contributed by atoms with Crippen molar-refractivity contribution in [1.82, 2.24) is 4.98 Å². The molecule has 116 valence electrons. The van der Waals surface area contributed by atoms with Crippen LogP contribution in [-0.2, 0) is 4.79 Å². The Bertz CT molecular complexity index is 809. The number of benzene rings is 1. The van der Waals surface area contributed by atoms with E-state index in [1.807, 2.05) is 30.3 Å². The van der Waals surface area contributed by atoms with Crippen LogP contribution in [-0.4, -0.2) is 22.3 Å². The van der Waals surface area contributed by atoms with Crippen LogP contribution in [0.25, 0.3) is 6.08 Å². The topological polar surface area (TPSA) is 42.4 Å². The first-order valence-electron chi connectivity index (χ1n) is 6.61. The van der Waals surface area contributed by atoms with Crippen LogP contribution in [0.15, 0.2) is 52.1 Å². The van der Waals surface area contributed by atoms with Gasteiger partial charge >= 0.3 is 0 Å². The maximum atomic E-state index is 12.6. The summed E-state index contributed by atoms with van der Waals surface area (Å²) in [7, 11) is 1.61. The van der Waals surface area contributed by atoms with Gasteiger partial charge in [0.05, 0.1) is 28.4 Å². The Morgan fingerprint density at radius 1 is 1.39 bits per heavy atom. The van der Waals surface area contributed by atoms with E-state index < -0.39 is 0 Å². The van der Waals surface area contributed by atoms with Crippen molar-refractivity contribution in [3.8, 4) is 5.75 Å². The highest BCUT2D eigenvalue weighted by Crippen LogP contribution is 2.36. The standard InChI is InChI=1S/C16H11BrN2O2S2/c1-21-13-5-4-10(7-12(13)17)8-14-15(20)19(16(22)23-14)11-3-2-6-18-9-11/h2-9H,1H3/b14-8-. The minimum atomic E-state index is -0.139. The normalized spacial score (nSPS) is 16.3. The Kier molecular flexibility index (Phi) is 4.79. The van der Waals surface area contributed by atoms with Crippen LogP contribution < -0.4 is 9.64 Å². The summed E-state index contributed by atoms with van der Waals surface area (Å²) in [6.45, 7) is 0. The number of methoxy groups -OCH3 is 1. The van der Waals surface area contributed by atoms with E-state index >= 15 is 0 Å². The molecule has 0 saturated carbocycles. The smallest absolute Gasteiger partial charge is 0.270 e. The van der Waals surface area contributed by atoms with E-state index in [2.05, 4.69) is 20.9 Å². The van der Waals surface area contributed by atoms with Crippen molar-refractivity contribution in [1.29, 1.82) is 0 Å². The van der Waals surface area contributed by atoms with Crippen LogP contribution in [0.4, 0.5) is 5.69 Å². The van der Waals surface area contributed by atoms with Gasteiger partial charge in [-0.2, -0.15) is 0 Å². The fourth-order valence-electron chi connectivity index (χ4n) is 2.10. The summed E-state index contributed by atoms with van der Waals surface area (Å²) in [4.78, 5) is 18.7. The minimum absolute atomic E-state index is 0.139. The molecule has 0 spiro atoms. The molecule has 0 aliphatic carbocycles. The van der Waals surface area contributed by atoms with Gasteiger partial charge in [-0.15, -0.1) is 0 Å². The lowest BCUT2D eigenvalue weighted by atomic mass is 10.2. The van der Waals surface area contributed by atoms with Crippen LogP contribution >= 0.6 is 39.9 Å². The number of aromatic nitrogens is 1. The number of hydrogen-bond donors (Lipinski definition) is 0. The highest BCUT2D eigenvalue weighted by Gasteiger charge is 2.33. The monoisotopic (exact) mass is 406 g/mol. The van der Waals surface area contributed by atoms with Gasteiger partial charge in [0.1, 0.15) is 5.75 Å². The first-order chi connectivity index (χ1) is 11.1. The van der Waals surface area contributed by atoms with Gasteiger partial charge in [0.2, 0.25) is 0 Å². The number of thiocarbonyl (C=S) groups is 1. The SMILES string of the molecule is COc1ccc(/C=C2\SC(=S)N(c3cccnc3)C2=O)cc1Br. The van der Waals surface area contributed by atoms with Crippen molar-refractivity contribution in [2.75, 3.05) is 12.0 Å². The van der Waals surface area contributed by atoms with Gasteiger partial charge in [0.15, 0.2) is 4.32 Å². The Morgan fingerprint density at radius 2 is 2.22 bits per heavy atom. The number of carbonyl (C=O) groups is 1. The zero-order chi connectivity index (χ0) is 16.4. The third kappa shape index (κ3) is 3.31. The lowest BCUT2D eigenvalue weighted by molar-refractivity contribution is -0.113. The molecule has 1 aliphatic heterocycles. The molecule has 1 fully saturated rings. The predicted molar refractivity (Wildman–Crippen MR) is 101 cm³/mol. The maximum absolute atomic E-state index is 12.6. The van der Waals surface area contributed by atoms with Gasteiger partial charge in [0, 0.05) is 6.20 Å². The first-order valence-corrected chi connectivity index (χ1v) is 8.63. The van der Waals surface area contributed by atoms with Crippen molar-refractivity contribution in [3.05, 3.63) is 57.7 Å². The molecule has 0 N–H and O–H groups in total. The molecule has 1 saturated heterocycles. The van der Waals surface area contributed by atoms with Crippen LogP contribution in [0.2, 0.25) is 0 Å². The molecule has 1 aliphatic rings. The zero-order valence-electron chi connectivity index (χ0n) is 12.0. The molecule has 0 radical (unpaired) electrons. The van der Waals surface area contributed by atoms with Crippen LogP contribution in [0.3, 0.4) is 0 Å². The van der Waals surface area contributed by atoms with Crippen LogP contribution in [0.1, 0.15) is 5.56 Å². The molecule has 23 heavy (non-hydrogen) atoms. The number of anilines is 1. The summed E-state index contributed by atoms with van der Waals surface area (Å²) in [5.41, 5.74) is 1.57. The quantitative estimate of drug-likeness (QED) is 0.562. The van der Waals surface area contributed by atoms with Crippen molar-refractivity contribution >= 4 is 61.9 Å². The van der Waals surface area contributed by atoms with Crippen molar-refractivity contribution in [2.45, 2.75) is 0 Å². The molecule has 1 aromatic carbocycles. The van der Waals surface area contributed by atoms with Gasteiger partial charge in [-0.3, -0.25) is 14.7 Å². The van der Waals surface area contributed by atoms with Gasteiger partial charge < -0.3 is 4.74 Å². The van der Waals surface area contributed by atoms with Crippen LogP contribution in [0.5, 0.6) is 5.75 Å². The van der Waals surface area contributed by atoms with E-state index in [1.165, 1.54) is 16.7 Å². The van der Waals surface area contributed by atoms with E-state index in [-0.39, 0.29) is 5.91 Å². The number of rotatable bonds is 3. The van der Waals surface area contributed by atoms with Crippen molar-refractivity contribution in [2.24, 2.45) is 0 Å². The van der Waals surface area contributed by atoms with Gasteiger partial charge in [-0.05, 0) is 51.8 Å². The second-order valence-corrected chi connectivity index (χ2v) is 7.15. The van der Waals surface area contributed by atoms with Gasteiger partial charge in [-0.25, -0.2) is 0 Å². The summed E-state index contributed by atoms with van der Waals surface area (Å²) < 4.78 is 6.54. The highest BCUT2D eigenvalue weighted by atomic mass is 79.9. The third-order valence-electron chi connectivity index (χ3n) is 3.17. The average Bonchev–Trinajstić information content (AvgIpc) is 2.82. The number of hydrogen-bond acceptors (Lipinski definition) is 5. The number of halogens is 1. The second-order valence-electron chi connectivity index (χ2n) is 4.62. The van der Waals surface area contributed by atoms with E-state index in [4.69, 9.17) is 17.0 Å². The molecule has 0 unspecified atom stereocenters. The summed E-state index contributed by atoms with van der Waals surface area (Å²) in [6.07, 6.45) is 5.10. The largest absolute Gasteiger partial charge is 0.496 e. The number of carbonyl (C=O) groups excluding carboxylic acids is 1. The summed E-state index contributed by atoms with van der Waals surface area (Å²) in [6, 6.07) is 9.22. The second kappa shape index (κ2) is 6.82. The number of thioether (sulfide) groups is 1. The number of amides is 1. The summed E-state index contributed by atoms with van der Waals surface area (Å²) >= 11 is 10.1. The summed E-state index contributed by atoms with van der Waals surface area (Å²) in [5, 5.41) is 0. The molecule has 4 nitrogen and oxygen atoms in total. The molecule has 2 heterocycles. The molecule has 1 amide bonds. The van der Waals surface area contributed by atoms with E-state index in [0.29, 0.717) is 14.9 Å². The number of pyridine rings is 1. The molecule has 7 heteroatoms. The first kappa shape index (κ1) is 16.2. The number of ether oxygens (including phenoxy) is 1. The fourth-order valence-corrected chi connectivity index (χ4v) is 3.96. The number of nitrogens with zero attached hydrogens (tertiary/aromatic N) is 2. The zero-order valence-corrected chi connectivity index (χ0v) is 15.2. The van der Waals surface area contributed by atoms with Gasteiger partial charge in [-0.1, -0.05) is 30.0 Å². The van der Waals surface area contributed by atoms with E-state index in [0.717, 1.165) is 15.8 Å². The Hall–Kier alpha value is -1.70. The molecule has 1 aromatic heterocycles. The van der Waals surface area contributed by atoms with E-state index in [1.54, 1.807) is 25.6 Å². The Morgan fingerprint density at radius 3 is 2.87 bits per heavy atom. The third-order valence-corrected chi connectivity index (χ3v) is 5.09.